The third-order valence-corrected chi connectivity index (χ3v) is 3.78. The number of nitro benzene ring substituents is 1. The second-order valence-electron chi connectivity index (χ2n) is 4.73. The van der Waals surface area contributed by atoms with Gasteiger partial charge >= 0.3 is 0 Å². The first-order valence-electron chi connectivity index (χ1n) is 6.62. The highest BCUT2D eigenvalue weighted by Gasteiger charge is 2.12. The molecule has 0 atom stereocenters. The fraction of sp³-hybridized carbons (Fsp3) is 0.250. The minimum Gasteiger partial charge on any atom is -0.493 e. The lowest BCUT2D eigenvalue weighted by Gasteiger charge is -2.11. The molecule has 2 rings (SSSR count). The topological polar surface area (TPSA) is 52.4 Å². The van der Waals surface area contributed by atoms with Gasteiger partial charge in [-0.2, -0.15) is 0 Å². The van der Waals surface area contributed by atoms with E-state index in [0.29, 0.717) is 18.6 Å². The molecule has 0 unspecified atom stereocenters. The fourth-order valence-electron chi connectivity index (χ4n) is 2.12. The van der Waals surface area contributed by atoms with Gasteiger partial charge in [0.2, 0.25) is 0 Å². The van der Waals surface area contributed by atoms with Gasteiger partial charge < -0.3 is 4.74 Å². The van der Waals surface area contributed by atoms with Crippen LogP contribution in [0.2, 0.25) is 0 Å². The van der Waals surface area contributed by atoms with E-state index >= 15 is 0 Å². The maximum Gasteiger partial charge on any atom is 0.272 e. The lowest BCUT2D eigenvalue weighted by atomic mass is 10.1. The summed E-state index contributed by atoms with van der Waals surface area (Å²) in [5, 5.41) is 11.7. The third-order valence-electron chi connectivity index (χ3n) is 3.18. The number of aryl methyl sites for hydroxylation is 1. The summed E-state index contributed by atoms with van der Waals surface area (Å²) in [6.07, 6.45) is 0.507. The number of ether oxygens (including phenoxy) is 1. The number of nitrogens with zero attached hydrogens (tertiary/aromatic N) is 1. The number of alkyl halides is 1. The molecule has 0 fully saturated rings. The molecule has 4 nitrogen and oxygen atoms in total. The zero-order valence-corrected chi connectivity index (χ0v) is 13.3. The number of hydrogen-bond donors (Lipinski definition) is 0. The van der Waals surface area contributed by atoms with Crippen LogP contribution in [0.15, 0.2) is 42.5 Å². The van der Waals surface area contributed by atoms with Crippen LogP contribution in [-0.4, -0.2) is 11.5 Å². The maximum absolute atomic E-state index is 11.0. The maximum atomic E-state index is 11.0. The first-order valence-corrected chi connectivity index (χ1v) is 7.74. The van der Waals surface area contributed by atoms with Gasteiger partial charge in [0.15, 0.2) is 0 Å². The summed E-state index contributed by atoms with van der Waals surface area (Å²) < 4.78 is 5.77. The summed E-state index contributed by atoms with van der Waals surface area (Å²) in [5.74, 6) is 0.816. The number of benzene rings is 2. The Balaban J connectivity index is 2.04. The predicted octanol–water partition coefficient (Wildman–Crippen LogP) is 4.42. The molecule has 0 spiro atoms. The highest BCUT2D eigenvalue weighted by molar-refractivity contribution is 9.08. The number of para-hydroxylation sites is 1. The van der Waals surface area contributed by atoms with Crippen LogP contribution in [0.4, 0.5) is 5.69 Å². The molecule has 0 radical (unpaired) electrons. The van der Waals surface area contributed by atoms with E-state index in [1.54, 1.807) is 18.2 Å². The molecule has 110 valence electrons. The van der Waals surface area contributed by atoms with Crippen LogP contribution in [0, 0.1) is 17.0 Å². The summed E-state index contributed by atoms with van der Waals surface area (Å²) in [6, 6.07) is 12.8. The average Bonchev–Trinajstić information content (AvgIpc) is 2.49. The van der Waals surface area contributed by atoms with Gasteiger partial charge in [0.25, 0.3) is 5.69 Å². The second kappa shape index (κ2) is 7.22. The number of rotatable bonds is 6. The van der Waals surface area contributed by atoms with Crippen LogP contribution < -0.4 is 4.74 Å². The summed E-state index contributed by atoms with van der Waals surface area (Å²) >= 11 is 3.44. The van der Waals surface area contributed by atoms with E-state index in [-0.39, 0.29) is 10.6 Å². The molecule has 0 bridgehead atoms. The quantitative estimate of drug-likeness (QED) is 0.440. The molecular weight excluding hydrogens is 334 g/mol. The predicted molar refractivity (Wildman–Crippen MR) is 86.1 cm³/mol. The van der Waals surface area contributed by atoms with Crippen LogP contribution >= 0.6 is 15.9 Å². The Morgan fingerprint density at radius 2 is 1.95 bits per heavy atom. The van der Waals surface area contributed by atoms with Crippen molar-refractivity contribution in [3.63, 3.8) is 0 Å². The lowest BCUT2D eigenvalue weighted by Crippen LogP contribution is -2.05. The minimum atomic E-state index is -0.356. The van der Waals surface area contributed by atoms with Crippen LogP contribution in [0.1, 0.15) is 16.7 Å². The van der Waals surface area contributed by atoms with E-state index in [0.717, 1.165) is 16.6 Å². The first kappa shape index (κ1) is 15.5. The normalized spacial score (nSPS) is 10.4. The highest BCUT2D eigenvalue weighted by Crippen LogP contribution is 2.23. The molecule has 0 aliphatic heterocycles. The van der Waals surface area contributed by atoms with Crippen LogP contribution in [0.3, 0.4) is 0 Å². The molecule has 0 aliphatic rings. The van der Waals surface area contributed by atoms with Crippen molar-refractivity contribution in [2.45, 2.75) is 18.7 Å². The van der Waals surface area contributed by atoms with Crippen molar-refractivity contribution < 1.29 is 9.66 Å². The van der Waals surface area contributed by atoms with Crippen molar-refractivity contribution in [1.82, 2.24) is 0 Å². The smallest absolute Gasteiger partial charge is 0.272 e. The molecule has 2 aromatic rings. The highest BCUT2D eigenvalue weighted by atomic mass is 79.9. The molecule has 0 aliphatic carbocycles. The summed E-state index contributed by atoms with van der Waals surface area (Å²) in [4.78, 5) is 10.6. The molecule has 0 aromatic heterocycles. The van der Waals surface area contributed by atoms with E-state index in [4.69, 9.17) is 4.74 Å². The molecule has 0 amide bonds. The Bertz CT molecular complexity index is 643. The van der Waals surface area contributed by atoms with Crippen molar-refractivity contribution >= 4 is 21.6 Å². The Morgan fingerprint density at radius 3 is 2.67 bits per heavy atom. The van der Waals surface area contributed by atoms with Gasteiger partial charge in [-0.3, -0.25) is 10.1 Å². The Hall–Kier alpha value is -1.88. The van der Waals surface area contributed by atoms with Crippen molar-refractivity contribution in [2.24, 2.45) is 0 Å². The average molecular weight is 350 g/mol. The Kier molecular flexibility index (Phi) is 5.33. The van der Waals surface area contributed by atoms with Crippen LogP contribution in [-0.2, 0) is 11.8 Å². The standard InChI is InChI=1S/C16H16BrNO3/c1-12-6-7-16(14(10-12)11-17)21-9-8-13-4-2-3-5-15(13)18(19)20/h2-7,10H,8-9,11H2,1H3. The van der Waals surface area contributed by atoms with E-state index in [2.05, 4.69) is 22.0 Å². The van der Waals surface area contributed by atoms with Gasteiger partial charge in [-0.05, 0) is 13.0 Å². The monoisotopic (exact) mass is 349 g/mol. The number of nitro groups is 1. The van der Waals surface area contributed by atoms with Crippen molar-refractivity contribution in [3.8, 4) is 5.75 Å². The lowest BCUT2D eigenvalue weighted by molar-refractivity contribution is -0.385. The van der Waals surface area contributed by atoms with E-state index in [1.165, 1.54) is 11.6 Å². The molecular formula is C16H16BrNO3. The first-order chi connectivity index (χ1) is 10.1. The zero-order chi connectivity index (χ0) is 15.2. The van der Waals surface area contributed by atoms with E-state index < -0.39 is 0 Å². The van der Waals surface area contributed by atoms with Gasteiger partial charge in [0.05, 0.1) is 11.5 Å². The summed E-state index contributed by atoms with van der Waals surface area (Å²) in [5.41, 5.74) is 3.09. The zero-order valence-electron chi connectivity index (χ0n) is 11.7. The minimum absolute atomic E-state index is 0.144. The molecule has 2 aromatic carbocycles. The molecule has 0 N–H and O–H groups in total. The van der Waals surface area contributed by atoms with Gasteiger partial charge in [-0.15, -0.1) is 0 Å². The Morgan fingerprint density at radius 1 is 1.19 bits per heavy atom. The van der Waals surface area contributed by atoms with E-state index in [1.807, 2.05) is 19.1 Å². The molecule has 0 heterocycles. The summed E-state index contributed by atoms with van der Waals surface area (Å²) in [6.45, 7) is 2.44. The molecule has 0 saturated carbocycles. The van der Waals surface area contributed by atoms with Gasteiger partial charge in [0.1, 0.15) is 5.75 Å². The molecule has 0 saturated heterocycles. The molecule has 21 heavy (non-hydrogen) atoms. The second-order valence-corrected chi connectivity index (χ2v) is 5.29. The Labute approximate surface area is 132 Å². The van der Waals surface area contributed by atoms with Crippen LogP contribution in [0.5, 0.6) is 5.75 Å². The number of hydrogen-bond acceptors (Lipinski definition) is 3. The van der Waals surface area contributed by atoms with E-state index in [9.17, 15) is 10.1 Å². The largest absolute Gasteiger partial charge is 0.493 e. The van der Waals surface area contributed by atoms with Gasteiger partial charge in [-0.25, -0.2) is 0 Å². The van der Waals surface area contributed by atoms with Gasteiger partial charge in [-0.1, -0.05) is 51.8 Å². The van der Waals surface area contributed by atoms with Crippen molar-refractivity contribution in [2.75, 3.05) is 6.61 Å². The SMILES string of the molecule is Cc1ccc(OCCc2ccccc2[N+](=O)[O-])c(CBr)c1. The van der Waals surface area contributed by atoms with Crippen molar-refractivity contribution in [3.05, 3.63) is 69.3 Å². The van der Waals surface area contributed by atoms with Crippen LogP contribution in [0.25, 0.3) is 0 Å². The summed E-state index contributed by atoms with van der Waals surface area (Å²) in [7, 11) is 0. The van der Waals surface area contributed by atoms with Crippen molar-refractivity contribution in [1.29, 1.82) is 0 Å². The number of halogens is 1. The van der Waals surface area contributed by atoms with Gasteiger partial charge in [0, 0.05) is 28.9 Å². The molecule has 5 heteroatoms. The fourth-order valence-corrected chi connectivity index (χ4v) is 2.56. The third kappa shape index (κ3) is 4.04.